The number of hydrogen-bond acceptors (Lipinski definition) is 4. The van der Waals surface area contributed by atoms with Gasteiger partial charge < -0.3 is 16.2 Å². The zero-order valence-corrected chi connectivity index (χ0v) is 12.8. The number of hydrogen-bond donors (Lipinski definition) is 3. The Morgan fingerprint density at radius 1 is 1.43 bits per heavy atom. The smallest absolute Gasteiger partial charge is 0.238 e. The summed E-state index contributed by atoms with van der Waals surface area (Å²) < 4.78 is 0. The molecule has 2 unspecified atom stereocenters. The van der Waals surface area contributed by atoms with Crippen molar-refractivity contribution in [3.8, 4) is 0 Å². The number of nitrogens with zero attached hydrogens (tertiary/aromatic N) is 1. The molecule has 0 aliphatic heterocycles. The highest BCUT2D eigenvalue weighted by atomic mass is 16.3. The van der Waals surface area contributed by atoms with Crippen LogP contribution in [0, 0.1) is 6.92 Å². The number of aliphatic hydroxyl groups excluding tert-OH is 1. The van der Waals surface area contributed by atoms with Crippen LogP contribution in [0.5, 0.6) is 0 Å². The molecule has 2 rings (SSSR count). The molecule has 5 heteroatoms. The van der Waals surface area contributed by atoms with Crippen LogP contribution < -0.4 is 11.1 Å². The summed E-state index contributed by atoms with van der Waals surface area (Å²) in [5, 5.41) is 12.9. The van der Waals surface area contributed by atoms with E-state index < -0.39 is 0 Å². The second kappa shape index (κ2) is 6.91. The van der Waals surface area contributed by atoms with Gasteiger partial charge in [-0.3, -0.25) is 9.69 Å². The van der Waals surface area contributed by atoms with Crippen LogP contribution in [-0.2, 0) is 4.79 Å². The van der Waals surface area contributed by atoms with E-state index in [-0.39, 0.29) is 24.6 Å². The molecule has 2 atom stereocenters. The van der Waals surface area contributed by atoms with Gasteiger partial charge in [0.05, 0.1) is 24.0 Å². The van der Waals surface area contributed by atoms with Gasteiger partial charge in [0.15, 0.2) is 0 Å². The molecule has 0 spiro atoms. The predicted octanol–water partition coefficient (Wildman–Crippen LogP) is 1.75. The molecule has 0 radical (unpaired) electrons. The highest BCUT2D eigenvalue weighted by Gasteiger charge is 2.27. The maximum absolute atomic E-state index is 12.2. The first-order valence-electron chi connectivity index (χ1n) is 7.52. The maximum atomic E-state index is 12.2. The van der Waals surface area contributed by atoms with Crippen LogP contribution in [-0.4, -0.2) is 41.7 Å². The summed E-state index contributed by atoms with van der Waals surface area (Å²) in [5.74, 6) is -0.101. The van der Waals surface area contributed by atoms with E-state index in [9.17, 15) is 9.90 Å². The molecular formula is C16H25N3O2. The van der Waals surface area contributed by atoms with Crippen molar-refractivity contribution in [3.63, 3.8) is 0 Å². The van der Waals surface area contributed by atoms with Gasteiger partial charge in [0.1, 0.15) is 0 Å². The second-order valence-electron chi connectivity index (χ2n) is 5.92. The third kappa shape index (κ3) is 3.95. The Bertz CT molecular complexity index is 484. The van der Waals surface area contributed by atoms with Gasteiger partial charge in [-0.15, -0.1) is 0 Å². The molecule has 1 aromatic rings. The van der Waals surface area contributed by atoms with Crippen molar-refractivity contribution in [2.75, 3.05) is 24.6 Å². The lowest BCUT2D eigenvalue weighted by Gasteiger charge is -2.34. The van der Waals surface area contributed by atoms with Crippen LogP contribution in [0.25, 0.3) is 0 Å². The fourth-order valence-electron chi connectivity index (χ4n) is 2.99. The zero-order valence-electron chi connectivity index (χ0n) is 12.8. The van der Waals surface area contributed by atoms with Gasteiger partial charge in [-0.2, -0.15) is 0 Å². The molecule has 1 aliphatic rings. The SMILES string of the molecule is Cc1cccc(N)c1NC(=O)CN(C)C1CCCCC1O. The Kier molecular flexibility index (Phi) is 5.20. The van der Waals surface area contributed by atoms with E-state index in [1.807, 2.05) is 31.0 Å². The molecule has 1 amide bonds. The van der Waals surface area contributed by atoms with Crippen molar-refractivity contribution in [2.45, 2.75) is 44.8 Å². The van der Waals surface area contributed by atoms with Gasteiger partial charge in [-0.05, 0) is 38.4 Å². The number of carbonyl (C=O) groups is 1. The Hall–Kier alpha value is -1.59. The van der Waals surface area contributed by atoms with Crippen LogP contribution in [0.4, 0.5) is 11.4 Å². The van der Waals surface area contributed by atoms with Crippen molar-refractivity contribution in [1.82, 2.24) is 4.90 Å². The lowest BCUT2D eigenvalue weighted by molar-refractivity contribution is -0.118. The first kappa shape index (κ1) is 15.8. The average Bonchev–Trinajstić information content (AvgIpc) is 2.43. The molecule has 116 valence electrons. The van der Waals surface area contributed by atoms with Crippen LogP contribution in [0.2, 0.25) is 0 Å². The van der Waals surface area contributed by atoms with Crippen molar-refractivity contribution in [3.05, 3.63) is 23.8 Å². The standard InChI is InChI=1S/C16H25N3O2/c1-11-6-5-7-12(17)16(11)18-15(21)10-19(2)13-8-3-4-9-14(13)20/h5-7,13-14,20H,3-4,8-10,17H2,1-2H3,(H,18,21). The number of carbonyl (C=O) groups excluding carboxylic acids is 1. The quantitative estimate of drug-likeness (QED) is 0.739. The minimum atomic E-state index is -0.333. The van der Waals surface area contributed by atoms with Gasteiger partial charge >= 0.3 is 0 Å². The first-order valence-corrected chi connectivity index (χ1v) is 7.52. The van der Waals surface area contributed by atoms with Crippen LogP contribution in [0.3, 0.4) is 0 Å². The van der Waals surface area contributed by atoms with E-state index in [0.717, 1.165) is 31.2 Å². The normalized spacial score (nSPS) is 22.3. The third-order valence-electron chi connectivity index (χ3n) is 4.22. The van der Waals surface area contributed by atoms with Crippen molar-refractivity contribution in [1.29, 1.82) is 0 Å². The Morgan fingerprint density at radius 3 is 2.81 bits per heavy atom. The number of nitrogen functional groups attached to an aromatic ring is 1. The highest BCUT2D eigenvalue weighted by Crippen LogP contribution is 2.24. The lowest BCUT2D eigenvalue weighted by Crippen LogP contribution is -2.46. The summed E-state index contributed by atoms with van der Waals surface area (Å²) in [6.07, 6.45) is 3.61. The number of benzene rings is 1. The molecule has 4 N–H and O–H groups in total. The lowest BCUT2D eigenvalue weighted by atomic mass is 9.91. The molecule has 0 bridgehead atoms. The Balaban J connectivity index is 1.95. The average molecular weight is 291 g/mol. The number of aryl methyl sites for hydroxylation is 1. The molecule has 1 fully saturated rings. The number of anilines is 2. The molecule has 0 aromatic heterocycles. The topological polar surface area (TPSA) is 78.6 Å². The molecule has 0 heterocycles. The number of nitrogens with one attached hydrogen (secondary N) is 1. The van der Waals surface area contributed by atoms with E-state index in [0.29, 0.717) is 11.4 Å². The van der Waals surface area contributed by atoms with E-state index in [2.05, 4.69) is 5.32 Å². The van der Waals surface area contributed by atoms with Crippen LogP contribution >= 0.6 is 0 Å². The van der Waals surface area contributed by atoms with Crippen molar-refractivity contribution < 1.29 is 9.90 Å². The van der Waals surface area contributed by atoms with Crippen molar-refractivity contribution in [2.24, 2.45) is 0 Å². The van der Waals surface area contributed by atoms with E-state index in [1.165, 1.54) is 0 Å². The number of likely N-dealkylation sites (N-methyl/N-ethyl adjacent to an activating group) is 1. The van der Waals surface area contributed by atoms with E-state index in [1.54, 1.807) is 6.07 Å². The fraction of sp³-hybridized carbons (Fsp3) is 0.562. The summed E-state index contributed by atoms with van der Waals surface area (Å²) in [6, 6.07) is 5.63. The first-order chi connectivity index (χ1) is 9.99. The molecule has 1 saturated carbocycles. The van der Waals surface area contributed by atoms with Gasteiger partial charge in [0.25, 0.3) is 0 Å². The number of rotatable bonds is 4. The van der Waals surface area contributed by atoms with E-state index in [4.69, 9.17) is 5.73 Å². The molecule has 0 saturated heterocycles. The molecule has 21 heavy (non-hydrogen) atoms. The van der Waals surface area contributed by atoms with Gasteiger partial charge in [-0.25, -0.2) is 0 Å². The molecule has 1 aromatic carbocycles. The summed E-state index contributed by atoms with van der Waals surface area (Å²) in [6.45, 7) is 2.18. The third-order valence-corrected chi connectivity index (χ3v) is 4.22. The summed E-state index contributed by atoms with van der Waals surface area (Å²) in [7, 11) is 1.89. The second-order valence-corrected chi connectivity index (χ2v) is 5.92. The number of para-hydroxylation sites is 1. The predicted molar refractivity (Wildman–Crippen MR) is 85.1 cm³/mol. The summed E-state index contributed by atoms with van der Waals surface area (Å²) in [5.41, 5.74) is 8.10. The number of nitrogens with two attached hydrogens (primary N) is 1. The maximum Gasteiger partial charge on any atom is 0.238 e. The van der Waals surface area contributed by atoms with Crippen molar-refractivity contribution >= 4 is 17.3 Å². The van der Waals surface area contributed by atoms with Crippen LogP contribution in [0.15, 0.2) is 18.2 Å². The summed E-state index contributed by atoms with van der Waals surface area (Å²) >= 11 is 0. The number of aliphatic hydroxyl groups is 1. The zero-order chi connectivity index (χ0) is 15.4. The molecule has 1 aliphatic carbocycles. The summed E-state index contributed by atoms with van der Waals surface area (Å²) in [4.78, 5) is 14.1. The minimum absolute atomic E-state index is 0.0683. The van der Waals surface area contributed by atoms with E-state index >= 15 is 0 Å². The molecule has 5 nitrogen and oxygen atoms in total. The van der Waals surface area contributed by atoms with Gasteiger partial charge in [0, 0.05) is 6.04 Å². The van der Waals surface area contributed by atoms with Gasteiger partial charge in [0.2, 0.25) is 5.91 Å². The van der Waals surface area contributed by atoms with Crippen LogP contribution in [0.1, 0.15) is 31.2 Å². The Morgan fingerprint density at radius 2 is 2.14 bits per heavy atom. The largest absolute Gasteiger partial charge is 0.397 e. The number of amides is 1. The molecular weight excluding hydrogens is 266 g/mol. The monoisotopic (exact) mass is 291 g/mol. The fourth-order valence-corrected chi connectivity index (χ4v) is 2.99. The Labute approximate surface area is 126 Å². The highest BCUT2D eigenvalue weighted by molar-refractivity contribution is 5.96. The van der Waals surface area contributed by atoms with Gasteiger partial charge in [-0.1, -0.05) is 25.0 Å². The minimum Gasteiger partial charge on any atom is -0.397 e.